The van der Waals surface area contributed by atoms with E-state index >= 15 is 0 Å². The number of hydrogen-bond donors (Lipinski definition) is 1. The maximum atomic E-state index is 14.7. The van der Waals surface area contributed by atoms with Crippen LogP contribution < -0.4 is 10.1 Å². The van der Waals surface area contributed by atoms with Crippen molar-refractivity contribution < 1.29 is 33.5 Å². The van der Waals surface area contributed by atoms with Gasteiger partial charge in [0, 0.05) is 43.6 Å². The van der Waals surface area contributed by atoms with Gasteiger partial charge in [-0.15, -0.1) is 0 Å². The van der Waals surface area contributed by atoms with Crippen molar-refractivity contribution in [1.29, 1.82) is 0 Å². The van der Waals surface area contributed by atoms with Crippen molar-refractivity contribution in [3.05, 3.63) is 28.8 Å². The molecule has 2 amide bonds. The highest BCUT2D eigenvalue weighted by Gasteiger charge is 2.55. The number of nitrogens with one attached hydrogen (secondary N) is 1. The van der Waals surface area contributed by atoms with E-state index in [1.807, 2.05) is 40.7 Å². The molecule has 5 rings (SSSR count). The minimum atomic E-state index is -0.989. The van der Waals surface area contributed by atoms with Gasteiger partial charge in [-0.05, 0) is 74.5 Å². The number of amides is 2. The number of carbonyl (C=O) groups is 5. The molecule has 4 aliphatic rings. The van der Waals surface area contributed by atoms with Gasteiger partial charge in [0.1, 0.15) is 11.8 Å². The van der Waals surface area contributed by atoms with Crippen molar-refractivity contribution in [2.45, 2.75) is 142 Å². The van der Waals surface area contributed by atoms with E-state index < -0.39 is 40.6 Å². The molecule has 0 unspecified atom stereocenters. The molecule has 1 aromatic carbocycles. The Kier molecular flexibility index (Phi) is 12.7. The van der Waals surface area contributed by atoms with Gasteiger partial charge >= 0.3 is 0 Å². The van der Waals surface area contributed by atoms with Crippen LogP contribution in [0.2, 0.25) is 5.02 Å². The first-order valence-electron chi connectivity index (χ1n) is 19.1. The van der Waals surface area contributed by atoms with E-state index in [0.29, 0.717) is 54.7 Å². The third kappa shape index (κ3) is 9.79. The lowest BCUT2D eigenvalue weighted by Gasteiger charge is -2.36. The predicted octanol–water partition coefficient (Wildman–Crippen LogP) is 7.02. The summed E-state index contributed by atoms with van der Waals surface area (Å²) in [7, 11) is 0. The maximum Gasteiger partial charge on any atom is 0.246 e. The second kappa shape index (κ2) is 16.6. The summed E-state index contributed by atoms with van der Waals surface area (Å²) in [6.07, 6.45) is 9.36. The summed E-state index contributed by atoms with van der Waals surface area (Å²) >= 11 is 6.50. The topological polar surface area (TPSA) is 131 Å². The summed E-state index contributed by atoms with van der Waals surface area (Å²) in [6, 6.07) is 3.60. The van der Waals surface area contributed by atoms with Gasteiger partial charge in [-0.2, -0.15) is 0 Å². The molecule has 0 bridgehead atoms. The number of rotatable bonds is 16. The SMILES string of the molecule is CCC[C@H](CC(=O)[C@@H]1C[C@]2(CC(c3ccc(OCC)c(Cl)c3)=NO2)CN1C(=O)[C@@H](NC(=O)CC1CCCCC1)C(C)(C)C)C(=O)C(=O)CC1CC1. The van der Waals surface area contributed by atoms with E-state index in [4.69, 9.17) is 21.2 Å². The molecule has 0 aromatic heterocycles. The highest BCUT2D eigenvalue weighted by molar-refractivity contribution is 6.38. The predicted molar refractivity (Wildman–Crippen MR) is 196 cm³/mol. The summed E-state index contributed by atoms with van der Waals surface area (Å²) in [5, 5.41) is 7.92. The van der Waals surface area contributed by atoms with Crippen molar-refractivity contribution in [1.82, 2.24) is 10.2 Å². The van der Waals surface area contributed by atoms with E-state index in [1.54, 1.807) is 17.0 Å². The molecule has 2 aliphatic carbocycles. The van der Waals surface area contributed by atoms with Crippen molar-refractivity contribution in [2.75, 3.05) is 13.2 Å². The first-order chi connectivity index (χ1) is 24.2. The van der Waals surface area contributed by atoms with Gasteiger partial charge in [-0.1, -0.05) is 70.1 Å². The van der Waals surface area contributed by atoms with Gasteiger partial charge in [0.2, 0.25) is 17.6 Å². The van der Waals surface area contributed by atoms with Crippen molar-refractivity contribution in [3.63, 3.8) is 0 Å². The zero-order chi connectivity index (χ0) is 36.9. The number of oxime groups is 1. The third-order valence-electron chi connectivity index (χ3n) is 11.0. The van der Waals surface area contributed by atoms with Gasteiger partial charge in [0.05, 0.1) is 29.9 Å². The monoisotopic (exact) mass is 725 g/mol. The Labute approximate surface area is 307 Å². The minimum absolute atomic E-state index is 0.0814. The number of carbonyl (C=O) groups excluding carboxylic acids is 5. The van der Waals surface area contributed by atoms with Crippen LogP contribution in [0.3, 0.4) is 0 Å². The van der Waals surface area contributed by atoms with E-state index in [1.165, 1.54) is 6.42 Å². The van der Waals surface area contributed by atoms with Gasteiger partial charge in [-0.3, -0.25) is 24.0 Å². The second-order valence-corrected chi connectivity index (χ2v) is 16.8. The lowest BCUT2D eigenvalue weighted by Crippen LogP contribution is -2.57. The van der Waals surface area contributed by atoms with Gasteiger partial charge in [0.15, 0.2) is 17.2 Å². The summed E-state index contributed by atoms with van der Waals surface area (Å²) in [5.74, 6) is -1.31. The Bertz CT molecular complexity index is 1510. The normalized spacial score (nSPS) is 23.4. The summed E-state index contributed by atoms with van der Waals surface area (Å²) in [6.45, 7) is 10.1. The van der Waals surface area contributed by atoms with E-state index in [2.05, 4.69) is 10.5 Å². The summed E-state index contributed by atoms with van der Waals surface area (Å²) in [5.41, 5.74) is -0.260. The first-order valence-corrected chi connectivity index (χ1v) is 19.5. The quantitative estimate of drug-likeness (QED) is 0.181. The molecule has 2 aliphatic heterocycles. The van der Waals surface area contributed by atoms with Crippen molar-refractivity contribution in [2.24, 2.45) is 28.3 Å². The zero-order valence-electron chi connectivity index (χ0n) is 31.1. The summed E-state index contributed by atoms with van der Waals surface area (Å²) < 4.78 is 5.59. The molecule has 280 valence electrons. The fraction of sp³-hybridized carbons (Fsp3) is 0.700. The molecule has 51 heavy (non-hydrogen) atoms. The molecule has 2 heterocycles. The number of benzene rings is 1. The van der Waals surface area contributed by atoms with E-state index in [-0.39, 0.29) is 49.3 Å². The Balaban J connectivity index is 1.39. The van der Waals surface area contributed by atoms with Gasteiger partial charge < -0.3 is 19.8 Å². The van der Waals surface area contributed by atoms with Crippen LogP contribution in [-0.2, 0) is 28.8 Å². The van der Waals surface area contributed by atoms with Crippen LogP contribution in [0.15, 0.2) is 23.4 Å². The van der Waals surface area contributed by atoms with Gasteiger partial charge in [0.25, 0.3) is 0 Å². The Morgan fingerprint density at radius 1 is 1.04 bits per heavy atom. The molecule has 1 N–H and O–H groups in total. The second-order valence-electron chi connectivity index (χ2n) is 16.4. The molecular formula is C40H56ClN3O7. The maximum absolute atomic E-state index is 14.7. The highest BCUT2D eigenvalue weighted by atomic mass is 35.5. The molecule has 1 aromatic rings. The number of Topliss-reactive ketones (excluding diaryl/α,β-unsaturated/α-hetero) is 3. The third-order valence-corrected chi connectivity index (χ3v) is 11.3. The Morgan fingerprint density at radius 3 is 2.37 bits per heavy atom. The smallest absolute Gasteiger partial charge is 0.246 e. The van der Waals surface area contributed by atoms with Gasteiger partial charge in [-0.25, -0.2) is 0 Å². The first kappa shape index (κ1) is 38.9. The average molecular weight is 726 g/mol. The van der Waals surface area contributed by atoms with Crippen LogP contribution in [0.1, 0.15) is 130 Å². The Morgan fingerprint density at radius 2 is 1.75 bits per heavy atom. The molecule has 3 fully saturated rings. The number of likely N-dealkylation sites (tertiary alicyclic amines) is 1. The fourth-order valence-corrected chi connectivity index (χ4v) is 8.18. The molecule has 2 saturated carbocycles. The van der Waals surface area contributed by atoms with Crippen molar-refractivity contribution >= 4 is 46.5 Å². The van der Waals surface area contributed by atoms with E-state index in [9.17, 15) is 24.0 Å². The standard InChI is InChI=1S/C40H56ClN3O7/c1-6-11-28(36(48)33(46)18-26-14-15-26)21-32(45)31-23-40(22-30(43-51-40)27-16-17-34(50-7-2)29(41)20-27)24-44(31)38(49)37(39(3,4)5)42-35(47)19-25-12-9-8-10-13-25/h16-17,20,25-26,28,31,37H,6-15,18-19,21-24H2,1-5H3,(H,42,47)/t28-,31+,37-,40-/m1/s1. The molecule has 4 atom stereocenters. The summed E-state index contributed by atoms with van der Waals surface area (Å²) in [4.78, 5) is 76.3. The lowest BCUT2D eigenvalue weighted by molar-refractivity contribution is -0.145. The fourth-order valence-electron chi connectivity index (χ4n) is 7.94. The number of halogens is 1. The zero-order valence-corrected chi connectivity index (χ0v) is 31.8. The molecule has 0 radical (unpaired) electrons. The van der Waals surface area contributed by atoms with Crippen LogP contribution in [0.5, 0.6) is 5.75 Å². The molecule has 10 nitrogen and oxygen atoms in total. The number of ketones is 3. The molecule has 11 heteroatoms. The van der Waals surface area contributed by atoms with Crippen LogP contribution in [0.25, 0.3) is 0 Å². The lowest BCUT2D eigenvalue weighted by atomic mass is 9.83. The van der Waals surface area contributed by atoms with Crippen LogP contribution in [0, 0.1) is 23.2 Å². The minimum Gasteiger partial charge on any atom is -0.492 e. The Hall–Kier alpha value is -3.27. The van der Waals surface area contributed by atoms with Crippen LogP contribution in [0.4, 0.5) is 0 Å². The number of hydrogen-bond acceptors (Lipinski definition) is 8. The number of ether oxygens (including phenoxy) is 1. The largest absolute Gasteiger partial charge is 0.492 e. The number of nitrogens with zero attached hydrogens (tertiary/aromatic N) is 2. The molecule has 1 spiro atoms. The van der Waals surface area contributed by atoms with Crippen molar-refractivity contribution in [3.8, 4) is 5.75 Å². The van der Waals surface area contributed by atoms with E-state index in [0.717, 1.165) is 44.1 Å². The molecule has 1 saturated heterocycles. The molecular weight excluding hydrogens is 670 g/mol. The van der Waals surface area contributed by atoms with Crippen LogP contribution in [-0.4, -0.2) is 70.6 Å². The highest BCUT2D eigenvalue weighted by Crippen LogP contribution is 2.42. The average Bonchev–Trinajstić information content (AvgIpc) is 3.68. The van der Waals surface area contributed by atoms with Crippen LogP contribution >= 0.6 is 11.6 Å².